The summed E-state index contributed by atoms with van der Waals surface area (Å²) in [6.45, 7) is 1.86. The van der Waals surface area contributed by atoms with E-state index in [9.17, 15) is 0 Å². The number of ether oxygens (including phenoxy) is 2. The van der Waals surface area contributed by atoms with Gasteiger partial charge in [0.15, 0.2) is 0 Å². The van der Waals surface area contributed by atoms with Gasteiger partial charge in [0.2, 0.25) is 0 Å². The Kier molecular flexibility index (Phi) is 2.97. The molecule has 3 nitrogen and oxygen atoms in total. The van der Waals surface area contributed by atoms with E-state index in [1.54, 1.807) is 0 Å². The molecule has 3 aliphatic rings. The lowest BCUT2D eigenvalue weighted by atomic mass is 10.1. The molecule has 2 fully saturated rings. The van der Waals surface area contributed by atoms with Crippen molar-refractivity contribution in [2.45, 2.75) is 43.9 Å². The summed E-state index contributed by atoms with van der Waals surface area (Å²) in [5.41, 5.74) is 1.34. The molecule has 1 saturated carbocycles. The van der Waals surface area contributed by atoms with Crippen molar-refractivity contribution >= 4 is 0 Å². The third-order valence-electron chi connectivity index (χ3n) is 4.54. The van der Waals surface area contributed by atoms with Gasteiger partial charge in [-0.3, -0.25) is 0 Å². The second kappa shape index (κ2) is 4.80. The molecule has 0 amide bonds. The monoisotopic (exact) mass is 259 g/mol. The smallest absolute Gasteiger partial charge is 0.123 e. The molecule has 2 heterocycles. The van der Waals surface area contributed by atoms with Gasteiger partial charge >= 0.3 is 0 Å². The van der Waals surface area contributed by atoms with Crippen molar-refractivity contribution in [2.24, 2.45) is 5.92 Å². The molecule has 1 aliphatic carbocycles. The van der Waals surface area contributed by atoms with Crippen molar-refractivity contribution in [3.63, 3.8) is 0 Å². The number of para-hydroxylation sites is 1. The van der Waals surface area contributed by atoms with Crippen LogP contribution >= 0.6 is 0 Å². The zero-order chi connectivity index (χ0) is 12.7. The summed E-state index contributed by atoms with van der Waals surface area (Å²) in [7, 11) is 0. The highest BCUT2D eigenvalue weighted by atomic mass is 16.5. The van der Waals surface area contributed by atoms with Crippen LogP contribution in [-0.4, -0.2) is 31.4 Å². The van der Waals surface area contributed by atoms with Crippen LogP contribution in [0.2, 0.25) is 0 Å². The Labute approximate surface area is 114 Å². The third kappa shape index (κ3) is 2.37. The quantitative estimate of drug-likeness (QED) is 0.898. The van der Waals surface area contributed by atoms with Gasteiger partial charge in [-0.05, 0) is 36.8 Å². The zero-order valence-electron chi connectivity index (χ0n) is 11.2. The molecule has 1 aromatic carbocycles. The highest BCUT2D eigenvalue weighted by molar-refractivity contribution is 5.37. The normalized spacial score (nSPS) is 33.2. The second-order valence-electron chi connectivity index (χ2n) is 6.03. The van der Waals surface area contributed by atoms with E-state index in [0.717, 1.165) is 37.7 Å². The molecule has 2 aliphatic heterocycles. The van der Waals surface area contributed by atoms with Crippen molar-refractivity contribution in [3.8, 4) is 5.75 Å². The molecule has 0 aromatic heterocycles. The number of fused-ring (bicyclic) bond motifs is 1. The summed E-state index contributed by atoms with van der Waals surface area (Å²) in [4.78, 5) is 0. The molecule has 3 atom stereocenters. The van der Waals surface area contributed by atoms with E-state index >= 15 is 0 Å². The molecule has 1 N–H and O–H groups in total. The fraction of sp³-hybridized carbons (Fsp3) is 0.625. The summed E-state index contributed by atoms with van der Waals surface area (Å²) in [5.74, 6) is 1.89. The van der Waals surface area contributed by atoms with Crippen LogP contribution < -0.4 is 10.1 Å². The van der Waals surface area contributed by atoms with Crippen molar-refractivity contribution < 1.29 is 9.47 Å². The van der Waals surface area contributed by atoms with Crippen LogP contribution in [0.15, 0.2) is 24.3 Å². The van der Waals surface area contributed by atoms with Gasteiger partial charge in [-0.25, -0.2) is 0 Å². The molecule has 0 bridgehead atoms. The molecule has 3 unspecified atom stereocenters. The van der Waals surface area contributed by atoms with Crippen LogP contribution in [0.25, 0.3) is 0 Å². The lowest BCUT2D eigenvalue weighted by molar-refractivity contribution is 0.0789. The van der Waals surface area contributed by atoms with E-state index < -0.39 is 0 Å². The molecule has 19 heavy (non-hydrogen) atoms. The zero-order valence-corrected chi connectivity index (χ0v) is 11.2. The molecular weight excluding hydrogens is 238 g/mol. The third-order valence-corrected chi connectivity index (χ3v) is 4.54. The minimum Gasteiger partial charge on any atom is -0.488 e. The molecule has 0 radical (unpaired) electrons. The summed E-state index contributed by atoms with van der Waals surface area (Å²) in [5, 5.41) is 3.68. The van der Waals surface area contributed by atoms with E-state index in [1.165, 1.54) is 18.4 Å². The van der Waals surface area contributed by atoms with Gasteiger partial charge in [0.25, 0.3) is 0 Å². The minimum atomic E-state index is 0.290. The van der Waals surface area contributed by atoms with Crippen LogP contribution in [0.5, 0.6) is 5.75 Å². The Morgan fingerprint density at radius 2 is 2.05 bits per heavy atom. The van der Waals surface area contributed by atoms with Gasteiger partial charge in [-0.15, -0.1) is 0 Å². The first-order valence-electron chi connectivity index (χ1n) is 7.50. The highest BCUT2D eigenvalue weighted by Gasteiger charge is 2.40. The molecule has 4 rings (SSSR count). The van der Waals surface area contributed by atoms with Crippen molar-refractivity contribution in [3.05, 3.63) is 29.8 Å². The van der Waals surface area contributed by atoms with Gasteiger partial charge in [-0.1, -0.05) is 18.2 Å². The first kappa shape index (κ1) is 11.7. The van der Waals surface area contributed by atoms with Gasteiger partial charge in [0.1, 0.15) is 11.9 Å². The maximum atomic E-state index is 5.97. The van der Waals surface area contributed by atoms with E-state index in [-0.39, 0.29) is 6.10 Å². The van der Waals surface area contributed by atoms with Gasteiger partial charge in [0.05, 0.1) is 6.10 Å². The predicted molar refractivity (Wildman–Crippen MR) is 73.4 cm³/mol. The SMILES string of the molecule is c1ccc2c(c1)CC(CNC1CCOC1C1CC1)O2. The molecule has 1 aromatic rings. The predicted octanol–water partition coefficient (Wildman–Crippen LogP) is 2.15. The van der Waals surface area contributed by atoms with E-state index in [2.05, 4.69) is 23.5 Å². The Morgan fingerprint density at radius 3 is 2.89 bits per heavy atom. The number of hydrogen-bond donors (Lipinski definition) is 1. The summed E-state index contributed by atoms with van der Waals surface area (Å²) in [6.07, 6.45) is 5.65. The van der Waals surface area contributed by atoms with E-state index in [0.29, 0.717) is 12.1 Å². The molecule has 3 heteroatoms. The van der Waals surface area contributed by atoms with E-state index in [4.69, 9.17) is 9.47 Å². The van der Waals surface area contributed by atoms with Gasteiger partial charge in [0, 0.05) is 25.6 Å². The Hall–Kier alpha value is -1.06. The van der Waals surface area contributed by atoms with E-state index in [1.807, 2.05) is 6.07 Å². The Morgan fingerprint density at radius 1 is 1.16 bits per heavy atom. The highest BCUT2D eigenvalue weighted by Crippen LogP contribution is 2.38. The van der Waals surface area contributed by atoms with Crippen molar-refractivity contribution in [2.75, 3.05) is 13.2 Å². The van der Waals surface area contributed by atoms with Crippen LogP contribution in [0.3, 0.4) is 0 Å². The van der Waals surface area contributed by atoms with Crippen LogP contribution in [0, 0.1) is 5.92 Å². The largest absolute Gasteiger partial charge is 0.488 e. The summed E-state index contributed by atoms with van der Waals surface area (Å²) >= 11 is 0. The number of hydrogen-bond acceptors (Lipinski definition) is 3. The van der Waals surface area contributed by atoms with Gasteiger partial charge < -0.3 is 14.8 Å². The lowest BCUT2D eigenvalue weighted by Gasteiger charge is -2.21. The average molecular weight is 259 g/mol. The standard InChI is InChI=1S/C16H21NO2/c1-2-4-15-12(3-1)9-13(19-15)10-17-14-7-8-18-16(14)11-5-6-11/h1-4,11,13-14,16-17H,5-10H2. The average Bonchev–Trinajstić information content (AvgIpc) is 3.03. The maximum Gasteiger partial charge on any atom is 0.123 e. The minimum absolute atomic E-state index is 0.290. The number of nitrogens with one attached hydrogen (secondary N) is 1. The summed E-state index contributed by atoms with van der Waals surface area (Å²) < 4.78 is 11.8. The second-order valence-corrected chi connectivity index (χ2v) is 6.03. The lowest BCUT2D eigenvalue weighted by Crippen LogP contribution is -2.42. The van der Waals surface area contributed by atoms with Gasteiger partial charge in [-0.2, -0.15) is 0 Å². The van der Waals surface area contributed by atoms with Crippen LogP contribution in [-0.2, 0) is 11.2 Å². The van der Waals surface area contributed by atoms with Crippen molar-refractivity contribution in [1.82, 2.24) is 5.32 Å². The fourth-order valence-corrected chi connectivity index (χ4v) is 3.37. The fourth-order valence-electron chi connectivity index (χ4n) is 3.37. The Bertz CT molecular complexity index is 433. The summed E-state index contributed by atoms with van der Waals surface area (Å²) in [6, 6.07) is 8.91. The van der Waals surface area contributed by atoms with Crippen molar-refractivity contribution in [1.29, 1.82) is 0 Å². The molecule has 102 valence electrons. The number of rotatable bonds is 4. The topological polar surface area (TPSA) is 30.5 Å². The van der Waals surface area contributed by atoms with Crippen LogP contribution in [0.1, 0.15) is 24.8 Å². The molecule has 1 saturated heterocycles. The maximum absolute atomic E-state index is 5.97. The first-order valence-corrected chi connectivity index (χ1v) is 7.50. The Balaban J connectivity index is 1.32. The number of benzene rings is 1. The molecule has 0 spiro atoms. The van der Waals surface area contributed by atoms with Crippen LogP contribution in [0.4, 0.5) is 0 Å². The molecular formula is C16H21NO2. The first-order chi connectivity index (χ1) is 9.40.